The average molecular weight is 199 g/mol. The molecule has 2 aliphatic carbocycles. The number of hydrogen-bond acceptors (Lipinski definition) is 1. The molecular weight excluding hydrogens is 182 g/mol. The first-order valence-corrected chi connectivity index (χ1v) is 5.89. The topological polar surface area (TPSA) is 12.0 Å². The molecule has 0 radical (unpaired) electrons. The van der Waals surface area contributed by atoms with Gasteiger partial charge >= 0.3 is 0 Å². The highest BCUT2D eigenvalue weighted by atomic mass is 14.9. The molecule has 1 atom stereocenters. The van der Waals surface area contributed by atoms with Gasteiger partial charge in [0.2, 0.25) is 0 Å². The molecule has 1 aromatic rings. The maximum Gasteiger partial charge on any atom is 0.0136 e. The van der Waals surface area contributed by atoms with Gasteiger partial charge in [0.25, 0.3) is 0 Å². The maximum atomic E-state index is 3.66. The van der Waals surface area contributed by atoms with Crippen molar-refractivity contribution in [2.45, 2.75) is 31.2 Å². The van der Waals surface area contributed by atoms with Crippen LogP contribution in [0.2, 0.25) is 0 Å². The molecule has 0 heterocycles. The lowest BCUT2D eigenvalue weighted by molar-refractivity contribution is 0.472. The minimum Gasteiger partial charge on any atom is -0.313 e. The van der Waals surface area contributed by atoms with E-state index in [9.17, 15) is 0 Å². The lowest BCUT2D eigenvalue weighted by Crippen LogP contribution is -2.34. The predicted molar refractivity (Wildman–Crippen MR) is 63.1 cm³/mol. The summed E-state index contributed by atoms with van der Waals surface area (Å²) in [6.45, 7) is 1.16. The summed E-state index contributed by atoms with van der Waals surface area (Å²) in [4.78, 5) is 0. The first-order chi connectivity index (χ1) is 7.43. The molecule has 1 N–H and O–H groups in total. The number of nitrogens with one attached hydrogen (secondary N) is 1. The Kier molecular flexibility index (Phi) is 2.34. The third kappa shape index (κ3) is 1.72. The molecule has 15 heavy (non-hydrogen) atoms. The van der Waals surface area contributed by atoms with Crippen molar-refractivity contribution in [2.24, 2.45) is 0 Å². The van der Waals surface area contributed by atoms with Gasteiger partial charge in [-0.05, 0) is 30.4 Å². The van der Waals surface area contributed by atoms with Crippen molar-refractivity contribution >= 4 is 0 Å². The highest BCUT2D eigenvalue weighted by molar-refractivity contribution is 5.40. The average Bonchev–Trinajstić information content (AvgIpc) is 2.72. The zero-order valence-electron chi connectivity index (χ0n) is 8.95. The van der Waals surface area contributed by atoms with Crippen LogP contribution in [-0.2, 0) is 6.42 Å². The summed E-state index contributed by atoms with van der Waals surface area (Å²) in [6.07, 6.45) is 8.27. The van der Waals surface area contributed by atoms with Crippen molar-refractivity contribution < 1.29 is 0 Å². The predicted octanol–water partition coefficient (Wildman–Crippen LogP) is 2.63. The highest BCUT2D eigenvalue weighted by Gasteiger charge is 2.25. The molecule has 2 aliphatic rings. The zero-order chi connectivity index (χ0) is 10.1. The third-order valence-electron chi connectivity index (χ3n) is 3.62. The van der Waals surface area contributed by atoms with Crippen molar-refractivity contribution in [3.05, 3.63) is 47.5 Å². The largest absolute Gasteiger partial charge is 0.313 e. The Morgan fingerprint density at radius 1 is 1.13 bits per heavy atom. The Bertz CT molecular complexity index is 373. The van der Waals surface area contributed by atoms with E-state index in [1.54, 1.807) is 11.1 Å². The molecule has 0 spiro atoms. The van der Waals surface area contributed by atoms with Crippen molar-refractivity contribution in [2.75, 3.05) is 6.54 Å². The van der Waals surface area contributed by atoms with Gasteiger partial charge in [0, 0.05) is 18.5 Å². The van der Waals surface area contributed by atoms with Crippen LogP contribution in [0.15, 0.2) is 36.4 Å². The molecule has 3 rings (SSSR count). The van der Waals surface area contributed by atoms with Crippen molar-refractivity contribution in [1.82, 2.24) is 5.32 Å². The van der Waals surface area contributed by atoms with Crippen LogP contribution in [-0.4, -0.2) is 12.6 Å². The minimum atomic E-state index is 0.706. The van der Waals surface area contributed by atoms with Crippen molar-refractivity contribution in [3.8, 4) is 0 Å². The van der Waals surface area contributed by atoms with E-state index < -0.39 is 0 Å². The van der Waals surface area contributed by atoms with Gasteiger partial charge in [-0.15, -0.1) is 0 Å². The minimum absolute atomic E-state index is 0.706. The molecule has 0 saturated carbocycles. The Balaban J connectivity index is 1.54. The molecule has 1 unspecified atom stereocenters. The third-order valence-corrected chi connectivity index (χ3v) is 3.62. The quantitative estimate of drug-likeness (QED) is 0.738. The van der Waals surface area contributed by atoms with Gasteiger partial charge < -0.3 is 5.32 Å². The molecule has 0 aromatic heterocycles. The lowest BCUT2D eigenvalue weighted by atomic mass is 9.77. The van der Waals surface area contributed by atoms with E-state index in [-0.39, 0.29) is 0 Å². The van der Waals surface area contributed by atoms with Gasteiger partial charge in [-0.2, -0.15) is 0 Å². The Hall–Kier alpha value is -1.08. The zero-order valence-corrected chi connectivity index (χ0v) is 8.95. The van der Waals surface area contributed by atoms with Crippen LogP contribution >= 0.6 is 0 Å². The first-order valence-electron chi connectivity index (χ1n) is 5.89. The van der Waals surface area contributed by atoms with E-state index in [1.807, 2.05) is 0 Å². The second-order valence-electron chi connectivity index (χ2n) is 4.65. The molecule has 0 amide bonds. The Morgan fingerprint density at radius 3 is 2.73 bits per heavy atom. The number of hydrogen-bond donors (Lipinski definition) is 1. The summed E-state index contributed by atoms with van der Waals surface area (Å²) in [5, 5.41) is 3.66. The SMILES string of the molecule is C1=CCC(NCC2Cc3ccccc32)C1. The van der Waals surface area contributed by atoms with Crippen LogP contribution < -0.4 is 5.32 Å². The van der Waals surface area contributed by atoms with Gasteiger partial charge in [-0.1, -0.05) is 36.4 Å². The monoisotopic (exact) mass is 199 g/mol. The van der Waals surface area contributed by atoms with Crippen LogP contribution in [0.5, 0.6) is 0 Å². The van der Waals surface area contributed by atoms with E-state index in [1.165, 1.54) is 19.3 Å². The van der Waals surface area contributed by atoms with Gasteiger partial charge in [0.05, 0.1) is 0 Å². The molecule has 1 nitrogen and oxygen atoms in total. The summed E-state index contributed by atoms with van der Waals surface area (Å²) in [5.41, 5.74) is 3.12. The Labute approximate surface area is 91.2 Å². The maximum absolute atomic E-state index is 3.66. The fraction of sp³-hybridized carbons (Fsp3) is 0.429. The van der Waals surface area contributed by atoms with Crippen LogP contribution in [0, 0.1) is 0 Å². The normalized spacial score (nSPS) is 23.9. The summed E-state index contributed by atoms with van der Waals surface area (Å²) < 4.78 is 0. The van der Waals surface area contributed by atoms with E-state index >= 15 is 0 Å². The smallest absolute Gasteiger partial charge is 0.0136 e. The highest BCUT2D eigenvalue weighted by Crippen LogP contribution is 2.34. The molecule has 0 bridgehead atoms. The van der Waals surface area contributed by atoms with Gasteiger partial charge in [0.15, 0.2) is 0 Å². The molecule has 78 valence electrons. The second kappa shape index (κ2) is 3.82. The van der Waals surface area contributed by atoms with Crippen LogP contribution in [0.4, 0.5) is 0 Å². The molecule has 0 saturated heterocycles. The number of rotatable bonds is 3. The van der Waals surface area contributed by atoms with E-state index in [2.05, 4.69) is 41.7 Å². The van der Waals surface area contributed by atoms with Crippen LogP contribution in [0.3, 0.4) is 0 Å². The standard InChI is InChI=1S/C14H17N/c1-4-8-14-11(5-1)9-12(14)10-15-13-6-2-3-7-13/h1-5,8,12-13,15H,6-7,9-10H2. The van der Waals surface area contributed by atoms with E-state index in [4.69, 9.17) is 0 Å². The van der Waals surface area contributed by atoms with Crippen LogP contribution in [0.25, 0.3) is 0 Å². The van der Waals surface area contributed by atoms with Gasteiger partial charge in [-0.3, -0.25) is 0 Å². The number of fused-ring (bicyclic) bond motifs is 1. The summed E-state index contributed by atoms with van der Waals surface area (Å²) >= 11 is 0. The first kappa shape index (κ1) is 9.17. The summed E-state index contributed by atoms with van der Waals surface area (Å²) in [7, 11) is 0. The molecular formula is C14H17N. The fourth-order valence-electron chi connectivity index (χ4n) is 2.64. The lowest BCUT2D eigenvalue weighted by Gasteiger charge is -2.31. The van der Waals surface area contributed by atoms with Gasteiger partial charge in [0.1, 0.15) is 0 Å². The van der Waals surface area contributed by atoms with Gasteiger partial charge in [-0.25, -0.2) is 0 Å². The van der Waals surface area contributed by atoms with E-state index in [0.29, 0.717) is 6.04 Å². The summed E-state index contributed by atoms with van der Waals surface area (Å²) in [6, 6.07) is 9.53. The van der Waals surface area contributed by atoms with Crippen molar-refractivity contribution in [3.63, 3.8) is 0 Å². The van der Waals surface area contributed by atoms with Crippen molar-refractivity contribution in [1.29, 1.82) is 0 Å². The van der Waals surface area contributed by atoms with E-state index in [0.717, 1.165) is 12.5 Å². The molecule has 0 fully saturated rings. The Morgan fingerprint density at radius 2 is 1.93 bits per heavy atom. The van der Waals surface area contributed by atoms with Crippen LogP contribution in [0.1, 0.15) is 29.9 Å². The number of benzene rings is 1. The molecule has 0 aliphatic heterocycles. The molecule has 1 heteroatoms. The molecule has 1 aromatic carbocycles. The fourth-order valence-corrected chi connectivity index (χ4v) is 2.64. The summed E-state index contributed by atoms with van der Waals surface area (Å²) in [5.74, 6) is 0.766. The second-order valence-corrected chi connectivity index (χ2v) is 4.65.